The number of thiazole rings is 1. The zero-order chi connectivity index (χ0) is 24.9. The van der Waals surface area contributed by atoms with Gasteiger partial charge in [0.1, 0.15) is 0 Å². The van der Waals surface area contributed by atoms with Crippen molar-refractivity contribution in [2.75, 3.05) is 11.1 Å². The van der Waals surface area contributed by atoms with Crippen LogP contribution in [-0.2, 0) is 11.8 Å². The third kappa shape index (κ3) is 6.27. The lowest BCUT2D eigenvalue weighted by Gasteiger charge is -2.14. The highest BCUT2D eigenvalue weighted by Crippen LogP contribution is 2.26. The zero-order valence-electron chi connectivity index (χ0n) is 19.3. The Labute approximate surface area is 216 Å². The molecule has 180 valence electrons. The maximum Gasteiger partial charge on any atom is 0.251 e. The molecule has 0 radical (unpaired) electrons. The first kappa shape index (κ1) is 24.9. The van der Waals surface area contributed by atoms with E-state index in [-0.39, 0.29) is 23.6 Å². The third-order valence-electron chi connectivity index (χ3n) is 5.11. The van der Waals surface area contributed by atoms with E-state index < -0.39 is 0 Å². The quantitative estimate of drug-likeness (QED) is 0.309. The number of benzene rings is 2. The van der Waals surface area contributed by atoms with Gasteiger partial charge in [-0.05, 0) is 38.1 Å². The van der Waals surface area contributed by atoms with Crippen LogP contribution in [0.2, 0.25) is 5.02 Å². The van der Waals surface area contributed by atoms with Crippen molar-refractivity contribution in [1.29, 1.82) is 0 Å². The minimum absolute atomic E-state index is 0.145. The van der Waals surface area contributed by atoms with Gasteiger partial charge in [-0.2, -0.15) is 0 Å². The Hall–Kier alpha value is -3.21. The standard InChI is InChI=1S/C24H23ClN6O2S2/c1-14-5-4-6-17(11-14)22(33)26-15(2)21-29-30-24(31(21)3)35-13-20(32)28-23-27-19(12-34-23)16-7-9-18(25)10-8-16/h4-12,15H,13H2,1-3H3,(H,26,33)(H,27,28,32)/t15-/m0/s1. The van der Waals surface area contributed by atoms with E-state index in [1.54, 1.807) is 22.8 Å². The first-order valence-corrected chi connectivity index (χ1v) is 13.0. The van der Waals surface area contributed by atoms with Crippen molar-refractivity contribution in [3.05, 3.63) is 75.9 Å². The summed E-state index contributed by atoms with van der Waals surface area (Å²) in [5.41, 5.74) is 3.30. The number of anilines is 1. The fraction of sp³-hybridized carbons (Fsp3) is 0.208. The number of aryl methyl sites for hydroxylation is 1. The number of hydrogen-bond acceptors (Lipinski definition) is 7. The summed E-state index contributed by atoms with van der Waals surface area (Å²) >= 11 is 8.55. The number of nitrogens with one attached hydrogen (secondary N) is 2. The number of carbonyl (C=O) groups is 2. The fourth-order valence-electron chi connectivity index (χ4n) is 3.33. The number of rotatable bonds is 8. The highest BCUT2D eigenvalue weighted by Gasteiger charge is 2.19. The van der Waals surface area contributed by atoms with E-state index in [9.17, 15) is 9.59 Å². The average Bonchev–Trinajstić information content (AvgIpc) is 3.44. The van der Waals surface area contributed by atoms with Gasteiger partial charge in [0, 0.05) is 28.6 Å². The summed E-state index contributed by atoms with van der Waals surface area (Å²) in [7, 11) is 1.81. The Morgan fingerprint density at radius 1 is 1.17 bits per heavy atom. The summed E-state index contributed by atoms with van der Waals surface area (Å²) in [5, 5.41) is 17.8. The molecule has 35 heavy (non-hydrogen) atoms. The van der Waals surface area contributed by atoms with Gasteiger partial charge in [0.05, 0.1) is 17.5 Å². The first-order valence-electron chi connectivity index (χ1n) is 10.7. The number of nitrogens with zero attached hydrogens (tertiary/aromatic N) is 4. The number of hydrogen-bond donors (Lipinski definition) is 2. The van der Waals surface area contributed by atoms with Crippen LogP contribution in [-0.4, -0.2) is 37.3 Å². The van der Waals surface area contributed by atoms with Gasteiger partial charge in [-0.3, -0.25) is 9.59 Å². The molecule has 2 amide bonds. The molecule has 2 aromatic carbocycles. The molecule has 0 aliphatic rings. The Bertz CT molecular complexity index is 1350. The average molecular weight is 527 g/mol. The molecule has 0 bridgehead atoms. The molecule has 0 fully saturated rings. The summed E-state index contributed by atoms with van der Waals surface area (Å²) in [5.74, 6) is 0.365. The molecule has 0 aliphatic carbocycles. The van der Waals surface area contributed by atoms with E-state index in [0.29, 0.717) is 26.7 Å². The number of amides is 2. The molecule has 0 spiro atoms. The first-order chi connectivity index (χ1) is 16.8. The van der Waals surface area contributed by atoms with E-state index in [2.05, 4.69) is 25.8 Å². The Morgan fingerprint density at radius 2 is 1.94 bits per heavy atom. The lowest BCUT2D eigenvalue weighted by molar-refractivity contribution is -0.113. The highest BCUT2D eigenvalue weighted by atomic mass is 35.5. The zero-order valence-corrected chi connectivity index (χ0v) is 21.7. The molecule has 2 heterocycles. The van der Waals surface area contributed by atoms with Crippen molar-refractivity contribution in [1.82, 2.24) is 25.1 Å². The van der Waals surface area contributed by atoms with Gasteiger partial charge in [-0.25, -0.2) is 4.98 Å². The summed E-state index contributed by atoms with van der Waals surface area (Å²) in [4.78, 5) is 29.5. The summed E-state index contributed by atoms with van der Waals surface area (Å²) in [6, 6.07) is 14.4. The molecule has 0 aliphatic heterocycles. The minimum atomic E-state index is -0.356. The Kier molecular flexibility index (Phi) is 7.84. The maximum absolute atomic E-state index is 12.6. The second-order valence-electron chi connectivity index (χ2n) is 7.85. The van der Waals surface area contributed by atoms with Crippen LogP contribution < -0.4 is 10.6 Å². The van der Waals surface area contributed by atoms with Gasteiger partial charge in [-0.1, -0.05) is 53.2 Å². The summed E-state index contributed by atoms with van der Waals surface area (Å²) in [6.45, 7) is 3.79. The highest BCUT2D eigenvalue weighted by molar-refractivity contribution is 7.99. The van der Waals surface area contributed by atoms with Gasteiger partial charge in [0.15, 0.2) is 16.1 Å². The normalized spacial score (nSPS) is 11.8. The fourth-order valence-corrected chi connectivity index (χ4v) is 4.91. The van der Waals surface area contributed by atoms with E-state index >= 15 is 0 Å². The second kappa shape index (κ2) is 11.0. The molecule has 0 saturated heterocycles. The molecule has 1 atom stereocenters. The molecular formula is C24H23ClN6O2S2. The van der Waals surface area contributed by atoms with Crippen molar-refractivity contribution in [3.63, 3.8) is 0 Å². The molecule has 2 N–H and O–H groups in total. The van der Waals surface area contributed by atoms with Crippen molar-refractivity contribution < 1.29 is 9.59 Å². The van der Waals surface area contributed by atoms with Crippen LogP contribution in [0.3, 0.4) is 0 Å². The summed E-state index contributed by atoms with van der Waals surface area (Å²) in [6.07, 6.45) is 0. The predicted octanol–water partition coefficient (Wildman–Crippen LogP) is 5.12. The van der Waals surface area contributed by atoms with Gasteiger partial charge in [-0.15, -0.1) is 21.5 Å². The van der Waals surface area contributed by atoms with E-state index in [0.717, 1.165) is 16.8 Å². The van der Waals surface area contributed by atoms with Crippen LogP contribution >= 0.6 is 34.7 Å². The topological polar surface area (TPSA) is 102 Å². The van der Waals surface area contributed by atoms with Crippen LogP contribution in [0.5, 0.6) is 0 Å². The number of aromatic nitrogens is 4. The van der Waals surface area contributed by atoms with Crippen molar-refractivity contribution in [3.8, 4) is 11.3 Å². The van der Waals surface area contributed by atoms with Crippen molar-refractivity contribution in [2.45, 2.75) is 25.0 Å². The second-order valence-corrected chi connectivity index (χ2v) is 10.1. The largest absolute Gasteiger partial charge is 0.342 e. The maximum atomic E-state index is 12.6. The van der Waals surface area contributed by atoms with Gasteiger partial charge < -0.3 is 15.2 Å². The Morgan fingerprint density at radius 3 is 2.69 bits per heavy atom. The number of thioether (sulfide) groups is 1. The van der Waals surface area contributed by atoms with Crippen LogP contribution in [0.15, 0.2) is 59.1 Å². The molecule has 8 nitrogen and oxygen atoms in total. The molecule has 0 saturated carbocycles. The van der Waals surface area contributed by atoms with Gasteiger partial charge in [0.2, 0.25) is 5.91 Å². The lowest BCUT2D eigenvalue weighted by atomic mass is 10.1. The van der Waals surface area contributed by atoms with Crippen molar-refractivity contribution >= 4 is 51.6 Å². The van der Waals surface area contributed by atoms with Crippen LogP contribution in [0, 0.1) is 6.92 Å². The molecule has 4 aromatic rings. The molecular weight excluding hydrogens is 504 g/mol. The minimum Gasteiger partial charge on any atom is -0.342 e. The van der Waals surface area contributed by atoms with E-state index in [4.69, 9.17) is 11.6 Å². The van der Waals surface area contributed by atoms with Gasteiger partial charge >= 0.3 is 0 Å². The number of carbonyl (C=O) groups excluding carboxylic acids is 2. The van der Waals surface area contributed by atoms with Gasteiger partial charge in [0.25, 0.3) is 5.91 Å². The lowest BCUT2D eigenvalue weighted by Crippen LogP contribution is -2.28. The smallest absolute Gasteiger partial charge is 0.251 e. The monoisotopic (exact) mass is 526 g/mol. The summed E-state index contributed by atoms with van der Waals surface area (Å²) < 4.78 is 1.78. The van der Waals surface area contributed by atoms with Crippen molar-refractivity contribution in [2.24, 2.45) is 7.05 Å². The molecule has 2 aromatic heterocycles. The van der Waals surface area contributed by atoms with Crippen LogP contribution in [0.25, 0.3) is 11.3 Å². The molecule has 4 rings (SSSR count). The SMILES string of the molecule is Cc1cccc(C(=O)N[C@@H](C)c2nnc(SCC(=O)Nc3nc(-c4ccc(Cl)cc4)cs3)n2C)c1. The predicted molar refractivity (Wildman–Crippen MR) is 140 cm³/mol. The van der Waals surface area contributed by atoms with Crippen LogP contribution in [0.4, 0.5) is 5.13 Å². The Balaban J connectivity index is 1.32. The van der Waals surface area contributed by atoms with E-state index in [1.807, 2.05) is 56.6 Å². The molecule has 0 unspecified atom stereocenters. The number of halogens is 1. The van der Waals surface area contributed by atoms with E-state index in [1.165, 1.54) is 23.1 Å². The molecule has 11 heteroatoms. The third-order valence-corrected chi connectivity index (χ3v) is 7.14. The van der Waals surface area contributed by atoms with Crippen LogP contribution in [0.1, 0.15) is 34.7 Å².